The normalized spacial score (nSPS) is 25.6. The summed E-state index contributed by atoms with van der Waals surface area (Å²) in [5.74, 6) is -1.29. The lowest BCUT2D eigenvalue weighted by Gasteiger charge is -2.37. The number of aromatic nitrogens is 3. The summed E-state index contributed by atoms with van der Waals surface area (Å²) in [4.78, 5) is 51.8. The molecule has 3 aromatic heterocycles. The van der Waals surface area contributed by atoms with Gasteiger partial charge in [0.1, 0.15) is 29.1 Å². The Hall–Kier alpha value is -4.22. The fourth-order valence-corrected chi connectivity index (χ4v) is 10.0. The van der Waals surface area contributed by atoms with Crippen LogP contribution in [0.25, 0.3) is 33.4 Å². The maximum Gasteiger partial charge on any atom is 0.324 e. The van der Waals surface area contributed by atoms with E-state index < -0.39 is 51.4 Å². The van der Waals surface area contributed by atoms with Crippen LogP contribution in [0.5, 0.6) is 0 Å². The van der Waals surface area contributed by atoms with Crippen LogP contribution in [-0.4, -0.2) is 91.0 Å². The Kier molecular flexibility index (Phi) is 11.9. The molecule has 5 heterocycles. The van der Waals surface area contributed by atoms with Crippen LogP contribution in [0.15, 0.2) is 41.9 Å². The van der Waals surface area contributed by atoms with Crippen molar-refractivity contribution in [2.24, 2.45) is 23.2 Å². The number of hydrogen-bond acceptors (Lipinski definition) is 12. The molecule has 0 spiro atoms. The number of fused-ring (bicyclic) bond motifs is 6. The molecule has 3 aliphatic rings. The van der Waals surface area contributed by atoms with Gasteiger partial charge in [-0.1, -0.05) is 33.8 Å². The van der Waals surface area contributed by atoms with Crippen LogP contribution in [0.1, 0.15) is 82.9 Å². The standard InChI is InChI=1S/C42H54N6O8S2/c1-9-55-37-35(45-38(49)33-23(2)24(33)3)40(50)48-17-11-13-30(46-48)41(51)56-21-42(5,6)19-29-28-18-26(31-20-57-39(37)44-31)14-15-32(28)47(22-58(8,52)53)36(29)27-12-10-16-43-34(27)25(4)54-7/h10,12,14-16,18,20,23-25,30,33,35,37,46H,9,11,13,17,19,21-22H2,1-8H3,(H,45,49)/t23-,24+,25-,30-,33?,35-,37-/m0/s1. The highest BCUT2D eigenvalue weighted by Crippen LogP contribution is 2.46. The van der Waals surface area contributed by atoms with Gasteiger partial charge in [0.25, 0.3) is 5.91 Å². The predicted molar refractivity (Wildman–Crippen MR) is 221 cm³/mol. The van der Waals surface area contributed by atoms with Crippen LogP contribution in [-0.2, 0) is 50.7 Å². The smallest absolute Gasteiger partial charge is 0.324 e. The molecule has 2 N–H and O–H groups in total. The van der Waals surface area contributed by atoms with E-state index in [-0.39, 0.29) is 42.8 Å². The van der Waals surface area contributed by atoms with Gasteiger partial charge in [-0.25, -0.2) is 18.8 Å². The van der Waals surface area contributed by atoms with E-state index in [2.05, 4.69) is 10.7 Å². The summed E-state index contributed by atoms with van der Waals surface area (Å²) in [6, 6.07) is 7.67. The van der Waals surface area contributed by atoms with Crippen LogP contribution in [0.2, 0.25) is 0 Å². The third-order valence-electron chi connectivity index (χ3n) is 11.8. The van der Waals surface area contributed by atoms with E-state index in [1.165, 1.54) is 22.6 Å². The van der Waals surface area contributed by atoms with Crippen molar-refractivity contribution < 1.29 is 37.0 Å². The first-order valence-corrected chi connectivity index (χ1v) is 22.9. The van der Waals surface area contributed by atoms with Gasteiger partial charge in [0.2, 0.25) is 5.91 Å². The second-order valence-electron chi connectivity index (χ2n) is 16.8. The Morgan fingerprint density at radius 2 is 1.95 bits per heavy atom. The molecule has 7 rings (SSSR count). The van der Waals surface area contributed by atoms with Crippen LogP contribution in [0, 0.1) is 23.2 Å². The third kappa shape index (κ3) is 8.44. The fourth-order valence-electron chi connectivity index (χ4n) is 8.37. The van der Waals surface area contributed by atoms with E-state index in [9.17, 15) is 22.8 Å². The van der Waals surface area contributed by atoms with Crippen molar-refractivity contribution in [2.75, 3.05) is 33.1 Å². The van der Waals surface area contributed by atoms with Crippen LogP contribution in [0.3, 0.4) is 0 Å². The highest BCUT2D eigenvalue weighted by Gasteiger charge is 2.50. The Balaban J connectivity index is 1.43. The number of nitrogens with one attached hydrogen (secondary N) is 2. The Labute approximate surface area is 343 Å². The van der Waals surface area contributed by atoms with Gasteiger partial charge in [0.05, 0.1) is 29.8 Å². The number of hydrogen-bond donors (Lipinski definition) is 2. The first-order valence-electron chi connectivity index (χ1n) is 19.9. The van der Waals surface area contributed by atoms with Crippen molar-refractivity contribution in [1.82, 2.24) is 30.3 Å². The first kappa shape index (κ1) is 41.9. The number of rotatable bonds is 9. The van der Waals surface area contributed by atoms with Crippen LogP contribution >= 0.6 is 11.3 Å². The number of carbonyl (C=O) groups excluding carboxylic acids is 3. The number of hydrazine groups is 1. The minimum atomic E-state index is -3.55. The summed E-state index contributed by atoms with van der Waals surface area (Å²) in [6.45, 7) is 12.4. The van der Waals surface area contributed by atoms with E-state index >= 15 is 0 Å². The zero-order valence-corrected chi connectivity index (χ0v) is 36.0. The van der Waals surface area contributed by atoms with Crippen molar-refractivity contribution in [1.29, 1.82) is 0 Å². The summed E-state index contributed by atoms with van der Waals surface area (Å²) in [5, 5.41) is 7.68. The molecular weight excluding hydrogens is 781 g/mol. The molecule has 14 nitrogen and oxygen atoms in total. The number of carbonyl (C=O) groups is 3. The van der Waals surface area contributed by atoms with Crippen LogP contribution in [0.4, 0.5) is 0 Å². The SMILES string of the molecule is CCO[C@@H]1c2nc(cs2)-c2ccc3c(c2)c(c(-c2cccnc2[C@H](C)OC)n3CS(C)(=O)=O)CC(C)(C)COC(=O)[C@@H]2CCCN(N2)C(=O)[C@H]1NC(=O)C1[C@@H](C)[C@H]1C. The number of nitrogens with zero attached hydrogens (tertiary/aromatic N) is 4. The molecule has 2 fully saturated rings. The number of ether oxygens (including phenoxy) is 3. The number of thiazole rings is 1. The van der Waals surface area contributed by atoms with E-state index in [1.807, 2.05) is 81.8 Å². The van der Waals surface area contributed by atoms with E-state index in [0.29, 0.717) is 53.4 Å². The molecule has 1 saturated carbocycles. The number of methoxy groups -OCH3 is 1. The number of amides is 2. The average molecular weight is 835 g/mol. The van der Waals surface area contributed by atoms with Gasteiger partial charge in [-0.2, -0.15) is 0 Å². The molecular formula is C42H54N6O8S2. The fraction of sp³-hybridized carbons (Fsp3) is 0.548. The number of sulfone groups is 1. The second-order valence-corrected chi connectivity index (χ2v) is 19.8. The van der Waals surface area contributed by atoms with Crippen molar-refractivity contribution in [3.63, 3.8) is 0 Å². The zero-order chi connectivity index (χ0) is 41.7. The maximum absolute atomic E-state index is 14.5. The molecule has 16 heteroatoms. The Bertz CT molecular complexity index is 2310. The van der Waals surface area contributed by atoms with Gasteiger partial charge in [0, 0.05) is 71.5 Å². The zero-order valence-electron chi connectivity index (χ0n) is 34.4. The topological polar surface area (TPSA) is 171 Å². The first-order chi connectivity index (χ1) is 27.5. The van der Waals surface area contributed by atoms with E-state index in [1.54, 1.807) is 13.3 Å². The number of pyridine rings is 1. The lowest BCUT2D eigenvalue weighted by Crippen LogP contribution is -2.61. The molecule has 1 unspecified atom stereocenters. The van der Waals surface area contributed by atoms with Crippen molar-refractivity contribution in [3.8, 4) is 22.5 Å². The minimum Gasteiger partial charge on any atom is -0.464 e. The predicted octanol–water partition coefficient (Wildman–Crippen LogP) is 5.62. The largest absolute Gasteiger partial charge is 0.464 e. The third-order valence-corrected chi connectivity index (χ3v) is 13.4. The average Bonchev–Trinajstić information content (AvgIpc) is 3.47. The van der Waals surface area contributed by atoms with Crippen molar-refractivity contribution >= 4 is 49.9 Å². The monoisotopic (exact) mass is 834 g/mol. The number of esters is 1. The van der Waals surface area contributed by atoms with Gasteiger partial charge in [0.15, 0.2) is 9.84 Å². The summed E-state index contributed by atoms with van der Waals surface area (Å²) in [5.41, 5.74) is 7.53. The summed E-state index contributed by atoms with van der Waals surface area (Å²) in [6.07, 6.45) is 2.98. The Morgan fingerprint density at radius 3 is 2.64 bits per heavy atom. The molecule has 0 radical (unpaired) electrons. The summed E-state index contributed by atoms with van der Waals surface area (Å²) < 4.78 is 46.2. The van der Waals surface area contributed by atoms with Crippen molar-refractivity contribution in [2.45, 2.75) is 91.0 Å². The van der Waals surface area contributed by atoms with E-state index in [0.717, 1.165) is 22.1 Å². The Morgan fingerprint density at radius 1 is 1.19 bits per heavy atom. The van der Waals surface area contributed by atoms with Crippen molar-refractivity contribution in [3.05, 3.63) is 58.2 Å². The molecule has 1 aliphatic carbocycles. The van der Waals surface area contributed by atoms with Gasteiger partial charge in [-0.3, -0.25) is 24.4 Å². The molecule has 6 bridgehead atoms. The highest BCUT2D eigenvalue weighted by atomic mass is 32.2. The molecule has 2 aliphatic heterocycles. The quantitative estimate of drug-likeness (QED) is 0.201. The highest BCUT2D eigenvalue weighted by molar-refractivity contribution is 7.89. The molecule has 4 aromatic rings. The molecule has 1 saturated heterocycles. The van der Waals surface area contributed by atoms with Gasteiger partial charge in [-0.15, -0.1) is 11.3 Å². The lowest BCUT2D eigenvalue weighted by atomic mass is 9.84. The van der Waals surface area contributed by atoms with Gasteiger partial charge >= 0.3 is 5.97 Å². The summed E-state index contributed by atoms with van der Waals surface area (Å²) >= 11 is 1.33. The second kappa shape index (κ2) is 16.4. The lowest BCUT2D eigenvalue weighted by molar-refractivity contribution is -0.156. The molecule has 312 valence electrons. The van der Waals surface area contributed by atoms with E-state index in [4.69, 9.17) is 24.2 Å². The molecule has 2 amide bonds. The number of benzene rings is 1. The van der Waals surface area contributed by atoms with Gasteiger partial charge < -0.3 is 24.1 Å². The van der Waals surface area contributed by atoms with Crippen LogP contribution < -0.4 is 10.7 Å². The molecule has 1 aromatic carbocycles. The maximum atomic E-state index is 14.5. The van der Waals surface area contributed by atoms with Gasteiger partial charge in [-0.05, 0) is 74.8 Å². The minimum absolute atomic E-state index is 0.0442. The number of cyclic esters (lactones) is 1. The molecule has 7 atom stereocenters. The summed E-state index contributed by atoms with van der Waals surface area (Å²) in [7, 11) is -1.94. The molecule has 58 heavy (non-hydrogen) atoms.